The van der Waals surface area contributed by atoms with Crippen LogP contribution < -0.4 is 10.6 Å². The Morgan fingerprint density at radius 2 is 2.14 bits per heavy atom. The summed E-state index contributed by atoms with van der Waals surface area (Å²) in [5.74, 6) is 1.76. The number of carbonyl (C=O) groups excluding carboxylic acids is 1. The molecule has 164 valence electrons. The third kappa shape index (κ3) is 8.04. The Morgan fingerprint density at radius 1 is 1.31 bits per heavy atom. The molecule has 0 saturated carbocycles. The van der Waals surface area contributed by atoms with Gasteiger partial charge in [0.15, 0.2) is 5.96 Å². The number of aliphatic imine (C=N–C) groups is 1. The van der Waals surface area contributed by atoms with Gasteiger partial charge in [-0.3, -0.25) is 4.99 Å². The number of nitrogens with zero attached hydrogens (tertiary/aromatic N) is 2. The summed E-state index contributed by atoms with van der Waals surface area (Å²) >= 11 is 0. The number of amides is 1. The second kappa shape index (κ2) is 12.9. The second-order valence-electron chi connectivity index (χ2n) is 7.31. The highest BCUT2D eigenvalue weighted by Crippen LogP contribution is 2.13. The zero-order chi connectivity index (χ0) is 19.6. The van der Waals surface area contributed by atoms with Crippen molar-refractivity contribution in [2.24, 2.45) is 4.99 Å². The molecule has 1 unspecified atom stereocenters. The Kier molecular flexibility index (Phi) is 10.6. The van der Waals surface area contributed by atoms with Crippen LogP contribution in [0.25, 0.3) is 0 Å². The van der Waals surface area contributed by atoms with E-state index in [1.165, 1.54) is 13.5 Å². The van der Waals surface area contributed by atoms with Gasteiger partial charge in [-0.1, -0.05) is 0 Å². The number of furan rings is 1. The Labute approximate surface area is 189 Å². The fourth-order valence-electron chi connectivity index (χ4n) is 3.58. The number of guanidine groups is 1. The van der Waals surface area contributed by atoms with Crippen molar-refractivity contribution in [1.82, 2.24) is 15.5 Å². The van der Waals surface area contributed by atoms with Gasteiger partial charge in [0.2, 0.25) is 0 Å². The second-order valence-corrected chi connectivity index (χ2v) is 7.31. The lowest BCUT2D eigenvalue weighted by atomic mass is 10.1. The average Bonchev–Trinajstić information content (AvgIpc) is 3.26. The SMILES string of the molecule is COC(=O)N1CCC(NC(=NCC2CCCCO2)NCCc2ccco2)CC1.I. The summed E-state index contributed by atoms with van der Waals surface area (Å²) in [6, 6.07) is 4.16. The maximum absolute atomic E-state index is 11.7. The van der Waals surface area contributed by atoms with Gasteiger partial charge in [0.05, 0.1) is 26.0 Å². The van der Waals surface area contributed by atoms with E-state index in [1.54, 1.807) is 11.2 Å². The van der Waals surface area contributed by atoms with E-state index in [1.807, 2.05) is 12.1 Å². The number of carbonyl (C=O) groups is 1. The number of halogens is 1. The maximum atomic E-state index is 11.7. The number of piperidine rings is 1. The first-order chi connectivity index (χ1) is 13.7. The Morgan fingerprint density at radius 3 is 2.79 bits per heavy atom. The summed E-state index contributed by atoms with van der Waals surface area (Å²) in [6.45, 7) is 3.62. The molecule has 0 radical (unpaired) electrons. The van der Waals surface area contributed by atoms with Crippen molar-refractivity contribution in [3.05, 3.63) is 24.2 Å². The van der Waals surface area contributed by atoms with Crippen molar-refractivity contribution in [3.63, 3.8) is 0 Å². The quantitative estimate of drug-likeness (QED) is 0.341. The lowest BCUT2D eigenvalue weighted by Crippen LogP contribution is -2.50. The molecule has 9 heteroatoms. The van der Waals surface area contributed by atoms with Crippen LogP contribution in [0.3, 0.4) is 0 Å². The van der Waals surface area contributed by atoms with Crippen LogP contribution in [0.1, 0.15) is 37.9 Å². The zero-order valence-electron chi connectivity index (χ0n) is 17.1. The number of nitrogens with one attached hydrogen (secondary N) is 2. The van der Waals surface area contributed by atoms with Crippen LogP contribution in [0.4, 0.5) is 4.79 Å². The molecule has 2 N–H and O–H groups in total. The minimum absolute atomic E-state index is 0. The van der Waals surface area contributed by atoms with Crippen molar-refractivity contribution in [3.8, 4) is 0 Å². The van der Waals surface area contributed by atoms with E-state index in [0.717, 1.165) is 57.0 Å². The van der Waals surface area contributed by atoms with E-state index in [2.05, 4.69) is 10.6 Å². The first-order valence-electron chi connectivity index (χ1n) is 10.3. The first kappa shape index (κ1) is 23.8. The van der Waals surface area contributed by atoms with Gasteiger partial charge >= 0.3 is 6.09 Å². The van der Waals surface area contributed by atoms with E-state index in [4.69, 9.17) is 18.9 Å². The monoisotopic (exact) mass is 520 g/mol. The van der Waals surface area contributed by atoms with E-state index in [9.17, 15) is 4.79 Å². The van der Waals surface area contributed by atoms with Crippen LogP contribution in [0.2, 0.25) is 0 Å². The molecule has 29 heavy (non-hydrogen) atoms. The van der Waals surface area contributed by atoms with Gasteiger partial charge in [0.25, 0.3) is 0 Å². The largest absolute Gasteiger partial charge is 0.469 e. The summed E-state index contributed by atoms with van der Waals surface area (Å²) in [5.41, 5.74) is 0. The number of likely N-dealkylation sites (tertiary alicyclic amines) is 1. The molecule has 8 nitrogen and oxygen atoms in total. The Bertz CT molecular complexity index is 612. The molecule has 2 fully saturated rings. The van der Waals surface area contributed by atoms with Crippen LogP contribution in [0.5, 0.6) is 0 Å². The lowest BCUT2D eigenvalue weighted by molar-refractivity contribution is 0.0224. The highest BCUT2D eigenvalue weighted by Gasteiger charge is 2.24. The van der Waals surface area contributed by atoms with Crippen molar-refractivity contribution < 1.29 is 18.7 Å². The predicted octanol–water partition coefficient (Wildman–Crippen LogP) is 2.78. The molecule has 1 atom stereocenters. The molecule has 0 aliphatic carbocycles. The number of hydrogen-bond acceptors (Lipinski definition) is 5. The topological polar surface area (TPSA) is 88.3 Å². The number of methoxy groups -OCH3 is 1. The summed E-state index contributed by atoms with van der Waals surface area (Å²) < 4.78 is 16.0. The van der Waals surface area contributed by atoms with Crippen LogP contribution >= 0.6 is 24.0 Å². The predicted molar refractivity (Wildman–Crippen MR) is 122 cm³/mol. The molecule has 0 aromatic carbocycles. The average molecular weight is 520 g/mol. The molecular formula is C20H33IN4O4. The third-order valence-corrected chi connectivity index (χ3v) is 5.24. The molecule has 2 saturated heterocycles. The van der Waals surface area contributed by atoms with Crippen LogP contribution in [-0.2, 0) is 15.9 Å². The van der Waals surface area contributed by atoms with E-state index in [-0.39, 0.29) is 42.2 Å². The number of hydrogen-bond donors (Lipinski definition) is 2. The van der Waals surface area contributed by atoms with Gasteiger partial charge in [-0.2, -0.15) is 0 Å². The third-order valence-electron chi connectivity index (χ3n) is 5.24. The molecular weight excluding hydrogens is 487 g/mol. The molecule has 2 aliphatic heterocycles. The van der Waals surface area contributed by atoms with Gasteiger partial charge in [0, 0.05) is 38.7 Å². The Balaban J connectivity index is 0.00000300. The molecule has 0 spiro atoms. The molecule has 2 aliphatic rings. The van der Waals surface area contributed by atoms with Crippen molar-refractivity contribution in [2.75, 3.05) is 39.9 Å². The zero-order valence-corrected chi connectivity index (χ0v) is 19.4. The van der Waals surface area contributed by atoms with Gasteiger partial charge in [-0.05, 0) is 44.2 Å². The standard InChI is InChI=1S/C20H32N4O4.HI/c1-26-20(25)24-11-8-16(9-12-24)23-19(21-10-7-17-6-4-14-27-17)22-15-18-5-2-3-13-28-18;/h4,6,14,16,18H,2-3,5,7-13,15H2,1H3,(H2,21,22,23);1H. The summed E-state index contributed by atoms with van der Waals surface area (Å²) in [5, 5.41) is 6.94. The summed E-state index contributed by atoms with van der Waals surface area (Å²) in [6.07, 6.45) is 7.61. The van der Waals surface area contributed by atoms with Crippen molar-refractivity contribution in [2.45, 2.75) is 50.7 Å². The molecule has 3 rings (SSSR count). The van der Waals surface area contributed by atoms with Gasteiger partial charge < -0.3 is 29.4 Å². The fourth-order valence-corrected chi connectivity index (χ4v) is 3.58. The van der Waals surface area contributed by atoms with Crippen LogP contribution in [0, 0.1) is 0 Å². The lowest BCUT2D eigenvalue weighted by Gasteiger charge is -2.32. The van der Waals surface area contributed by atoms with E-state index in [0.29, 0.717) is 19.6 Å². The maximum Gasteiger partial charge on any atom is 0.409 e. The molecule has 3 heterocycles. The summed E-state index contributed by atoms with van der Waals surface area (Å²) in [7, 11) is 1.42. The molecule has 1 aromatic heterocycles. The minimum atomic E-state index is -0.252. The fraction of sp³-hybridized carbons (Fsp3) is 0.700. The van der Waals surface area contributed by atoms with Gasteiger partial charge in [0.1, 0.15) is 5.76 Å². The van der Waals surface area contributed by atoms with E-state index < -0.39 is 0 Å². The van der Waals surface area contributed by atoms with Gasteiger partial charge in [-0.15, -0.1) is 24.0 Å². The van der Waals surface area contributed by atoms with E-state index >= 15 is 0 Å². The van der Waals surface area contributed by atoms with Crippen molar-refractivity contribution >= 4 is 36.0 Å². The normalized spacial score (nSPS) is 20.7. The smallest absolute Gasteiger partial charge is 0.409 e. The minimum Gasteiger partial charge on any atom is -0.469 e. The van der Waals surface area contributed by atoms with Crippen LogP contribution in [0.15, 0.2) is 27.8 Å². The summed E-state index contributed by atoms with van der Waals surface area (Å²) in [4.78, 5) is 18.2. The highest BCUT2D eigenvalue weighted by atomic mass is 127. The Hall–Kier alpha value is -1.49. The number of rotatable bonds is 6. The first-order valence-corrected chi connectivity index (χ1v) is 10.3. The molecule has 0 bridgehead atoms. The van der Waals surface area contributed by atoms with Gasteiger partial charge in [-0.25, -0.2) is 4.79 Å². The highest BCUT2D eigenvalue weighted by molar-refractivity contribution is 14.0. The molecule has 1 aromatic rings. The van der Waals surface area contributed by atoms with Crippen molar-refractivity contribution in [1.29, 1.82) is 0 Å². The van der Waals surface area contributed by atoms with Crippen LogP contribution in [-0.4, -0.2) is 69.0 Å². The molecule has 1 amide bonds. The number of ether oxygens (including phenoxy) is 2.